The zero-order valence-corrected chi connectivity index (χ0v) is 7.50. The third-order valence-corrected chi connectivity index (χ3v) is 4.01. The van der Waals surface area contributed by atoms with Crippen LogP contribution in [0.3, 0.4) is 0 Å². The Morgan fingerprint density at radius 2 is 1.83 bits per heavy atom. The molecule has 3 rings (SSSR count). The first-order chi connectivity index (χ1) is 5.83. The molecule has 12 heavy (non-hydrogen) atoms. The van der Waals surface area contributed by atoms with E-state index in [0.717, 1.165) is 17.9 Å². The molecule has 2 nitrogen and oxygen atoms in total. The summed E-state index contributed by atoms with van der Waals surface area (Å²) in [5, 5.41) is 3.71. The van der Waals surface area contributed by atoms with E-state index in [4.69, 9.17) is 5.73 Å². The van der Waals surface area contributed by atoms with Gasteiger partial charge in [-0.25, -0.2) is 0 Å². The van der Waals surface area contributed by atoms with Crippen molar-refractivity contribution < 1.29 is 0 Å². The molecule has 68 valence electrons. The smallest absolute Gasteiger partial charge is 0.0237 e. The topological polar surface area (TPSA) is 38.0 Å². The lowest BCUT2D eigenvalue weighted by atomic mass is 9.95. The number of nitrogens with two attached hydrogens (primary N) is 1. The van der Waals surface area contributed by atoms with Crippen LogP contribution in [0.25, 0.3) is 0 Å². The van der Waals surface area contributed by atoms with Crippen molar-refractivity contribution in [1.29, 1.82) is 0 Å². The molecule has 3 aliphatic carbocycles. The van der Waals surface area contributed by atoms with Gasteiger partial charge in [0.05, 0.1) is 0 Å². The Kier molecular flexibility index (Phi) is 1.50. The number of fused-ring (bicyclic) bond motifs is 2. The summed E-state index contributed by atoms with van der Waals surface area (Å²) in [6.45, 7) is 0. The summed E-state index contributed by atoms with van der Waals surface area (Å²) in [7, 11) is 0. The Hall–Kier alpha value is -0.0800. The standard InChI is InChI=1S/C10H18N2/c11-8-5-10(8)12-9-4-6-1-2-7(9)3-6/h6-10,12H,1-5,11H2. The summed E-state index contributed by atoms with van der Waals surface area (Å²) in [4.78, 5) is 0. The Morgan fingerprint density at radius 1 is 1.00 bits per heavy atom. The van der Waals surface area contributed by atoms with Crippen molar-refractivity contribution in [2.24, 2.45) is 17.6 Å². The molecule has 0 saturated heterocycles. The molecule has 0 heterocycles. The second-order valence-electron chi connectivity index (χ2n) is 4.95. The van der Waals surface area contributed by atoms with E-state index in [2.05, 4.69) is 5.32 Å². The molecule has 0 amide bonds. The largest absolute Gasteiger partial charge is 0.326 e. The maximum Gasteiger partial charge on any atom is 0.0237 e. The SMILES string of the molecule is NC1CC1NC1CC2CCC1C2. The van der Waals surface area contributed by atoms with E-state index in [0.29, 0.717) is 12.1 Å². The third kappa shape index (κ3) is 1.09. The Bertz CT molecular complexity index is 192. The van der Waals surface area contributed by atoms with Crippen molar-refractivity contribution in [2.45, 2.75) is 50.2 Å². The normalized spacial score (nSPS) is 56.2. The molecular weight excluding hydrogens is 148 g/mol. The Labute approximate surface area is 73.9 Å². The molecule has 3 fully saturated rings. The quantitative estimate of drug-likeness (QED) is 0.638. The summed E-state index contributed by atoms with van der Waals surface area (Å²) in [5.74, 6) is 2.06. The highest BCUT2D eigenvalue weighted by molar-refractivity contribution is 5.03. The van der Waals surface area contributed by atoms with Gasteiger partial charge in [0.15, 0.2) is 0 Å². The molecule has 0 aromatic heterocycles. The zero-order valence-electron chi connectivity index (χ0n) is 7.50. The van der Waals surface area contributed by atoms with Crippen molar-refractivity contribution in [3.05, 3.63) is 0 Å². The molecule has 0 aromatic carbocycles. The number of hydrogen-bond donors (Lipinski definition) is 2. The number of nitrogens with one attached hydrogen (secondary N) is 1. The van der Waals surface area contributed by atoms with Gasteiger partial charge in [0.1, 0.15) is 0 Å². The van der Waals surface area contributed by atoms with Crippen LogP contribution in [0, 0.1) is 11.8 Å². The van der Waals surface area contributed by atoms with Gasteiger partial charge in [0.2, 0.25) is 0 Å². The summed E-state index contributed by atoms with van der Waals surface area (Å²) < 4.78 is 0. The summed E-state index contributed by atoms with van der Waals surface area (Å²) in [6, 6.07) is 1.99. The molecule has 0 radical (unpaired) electrons. The van der Waals surface area contributed by atoms with E-state index in [1.54, 1.807) is 0 Å². The van der Waals surface area contributed by atoms with Gasteiger partial charge < -0.3 is 11.1 Å². The minimum atomic E-state index is 0.476. The minimum absolute atomic E-state index is 0.476. The maximum atomic E-state index is 5.78. The van der Waals surface area contributed by atoms with Crippen LogP contribution < -0.4 is 11.1 Å². The second-order valence-corrected chi connectivity index (χ2v) is 4.95. The van der Waals surface area contributed by atoms with Crippen molar-refractivity contribution >= 4 is 0 Å². The van der Waals surface area contributed by atoms with Crippen LogP contribution in [-0.4, -0.2) is 18.1 Å². The maximum absolute atomic E-state index is 5.78. The van der Waals surface area contributed by atoms with Crippen molar-refractivity contribution in [3.63, 3.8) is 0 Å². The molecule has 0 aliphatic heterocycles. The van der Waals surface area contributed by atoms with Crippen molar-refractivity contribution in [2.75, 3.05) is 0 Å². The molecule has 2 bridgehead atoms. The average molecular weight is 166 g/mol. The van der Waals surface area contributed by atoms with Crippen LogP contribution in [0.2, 0.25) is 0 Å². The molecular formula is C10H18N2. The van der Waals surface area contributed by atoms with Gasteiger partial charge in [0, 0.05) is 18.1 Å². The highest BCUT2D eigenvalue weighted by Gasteiger charge is 2.43. The lowest BCUT2D eigenvalue weighted by Crippen LogP contribution is -2.37. The summed E-state index contributed by atoms with van der Waals surface area (Å²) >= 11 is 0. The van der Waals surface area contributed by atoms with E-state index in [9.17, 15) is 0 Å². The Balaban J connectivity index is 1.57. The predicted octanol–water partition coefficient (Wildman–Crippen LogP) is 0.864. The highest BCUT2D eigenvalue weighted by atomic mass is 15.1. The number of hydrogen-bond acceptors (Lipinski definition) is 2. The van der Waals surface area contributed by atoms with Crippen LogP contribution in [0.4, 0.5) is 0 Å². The first-order valence-corrected chi connectivity index (χ1v) is 5.34. The van der Waals surface area contributed by atoms with E-state index < -0.39 is 0 Å². The van der Waals surface area contributed by atoms with Gasteiger partial charge in [-0.05, 0) is 37.5 Å². The van der Waals surface area contributed by atoms with Crippen molar-refractivity contribution in [1.82, 2.24) is 5.32 Å². The van der Waals surface area contributed by atoms with Crippen LogP contribution in [0.1, 0.15) is 32.1 Å². The monoisotopic (exact) mass is 166 g/mol. The molecule has 3 aliphatic rings. The summed E-state index contributed by atoms with van der Waals surface area (Å²) in [6.07, 6.45) is 7.13. The summed E-state index contributed by atoms with van der Waals surface area (Å²) in [5.41, 5.74) is 5.78. The van der Waals surface area contributed by atoms with Gasteiger partial charge >= 0.3 is 0 Å². The van der Waals surface area contributed by atoms with Crippen LogP contribution >= 0.6 is 0 Å². The van der Waals surface area contributed by atoms with E-state index in [1.807, 2.05) is 0 Å². The molecule has 2 heteroatoms. The molecule has 0 aromatic rings. The minimum Gasteiger partial charge on any atom is -0.326 e. The Morgan fingerprint density at radius 3 is 2.33 bits per heavy atom. The first kappa shape index (κ1) is 7.34. The third-order valence-electron chi connectivity index (χ3n) is 4.01. The van der Waals surface area contributed by atoms with Gasteiger partial charge in [-0.1, -0.05) is 6.42 Å². The van der Waals surface area contributed by atoms with Gasteiger partial charge in [-0.3, -0.25) is 0 Å². The fourth-order valence-corrected chi connectivity index (χ4v) is 3.13. The lowest BCUT2D eigenvalue weighted by Gasteiger charge is -2.22. The first-order valence-electron chi connectivity index (χ1n) is 5.34. The average Bonchev–Trinajstić information content (AvgIpc) is 2.53. The zero-order chi connectivity index (χ0) is 8.13. The predicted molar refractivity (Wildman–Crippen MR) is 48.8 cm³/mol. The van der Waals surface area contributed by atoms with E-state index in [-0.39, 0.29) is 0 Å². The molecule has 3 N–H and O–H groups in total. The second kappa shape index (κ2) is 2.46. The molecule has 3 saturated carbocycles. The van der Waals surface area contributed by atoms with Gasteiger partial charge in [0.25, 0.3) is 0 Å². The fourth-order valence-electron chi connectivity index (χ4n) is 3.13. The van der Waals surface area contributed by atoms with E-state index >= 15 is 0 Å². The van der Waals surface area contributed by atoms with Crippen LogP contribution in [0.5, 0.6) is 0 Å². The van der Waals surface area contributed by atoms with Crippen LogP contribution in [-0.2, 0) is 0 Å². The van der Waals surface area contributed by atoms with Crippen molar-refractivity contribution in [3.8, 4) is 0 Å². The van der Waals surface area contributed by atoms with Crippen LogP contribution in [0.15, 0.2) is 0 Å². The fraction of sp³-hybridized carbons (Fsp3) is 1.00. The molecule has 5 atom stereocenters. The van der Waals surface area contributed by atoms with Gasteiger partial charge in [-0.2, -0.15) is 0 Å². The molecule has 5 unspecified atom stereocenters. The van der Waals surface area contributed by atoms with E-state index in [1.165, 1.54) is 32.1 Å². The van der Waals surface area contributed by atoms with Gasteiger partial charge in [-0.15, -0.1) is 0 Å². The highest BCUT2D eigenvalue weighted by Crippen LogP contribution is 2.45. The lowest BCUT2D eigenvalue weighted by molar-refractivity contribution is 0.348. The molecule has 0 spiro atoms. The number of rotatable bonds is 2.